The van der Waals surface area contributed by atoms with Gasteiger partial charge in [-0.1, -0.05) is 12.1 Å². The van der Waals surface area contributed by atoms with Gasteiger partial charge in [-0.15, -0.1) is 0 Å². The van der Waals surface area contributed by atoms with Crippen molar-refractivity contribution in [1.82, 2.24) is 20.2 Å². The van der Waals surface area contributed by atoms with Crippen molar-refractivity contribution in [2.75, 3.05) is 20.1 Å². The molecule has 2 rings (SSSR count). The third-order valence-electron chi connectivity index (χ3n) is 2.68. The first-order valence-corrected chi connectivity index (χ1v) is 5.81. The number of aromatic nitrogens is 2. The Kier molecular flexibility index (Phi) is 3.78. The van der Waals surface area contributed by atoms with Gasteiger partial charge in [-0.25, -0.2) is 4.79 Å². The Morgan fingerprint density at radius 2 is 2.17 bits per heavy atom. The smallest absolute Gasteiger partial charge is 0.326 e. The van der Waals surface area contributed by atoms with Crippen LogP contribution in [-0.4, -0.2) is 35.6 Å². The first-order valence-electron chi connectivity index (χ1n) is 5.81. The molecule has 1 heterocycles. The second-order valence-corrected chi connectivity index (χ2v) is 3.98. The van der Waals surface area contributed by atoms with Gasteiger partial charge >= 0.3 is 5.69 Å². The van der Waals surface area contributed by atoms with Crippen LogP contribution in [0.3, 0.4) is 0 Å². The molecule has 6 heteroatoms. The summed E-state index contributed by atoms with van der Waals surface area (Å²) in [4.78, 5) is 25.7. The quantitative estimate of drug-likeness (QED) is 0.677. The maximum Gasteiger partial charge on any atom is 0.326 e. The number of carbonyl (C=O) groups is 1. The van der Waals surface area contributed by atoms with E-state index in [9.17, 15) is 9.59 Å². The maximum absolute atomic E-state index is 11.7. The highest BCUT2D eigenvalue weighted by Gasteiger charge is 2.05. The van der Waals surface area contributed by atoms with E-state index in [1.807, 2.05) is 24.3 Å². The van der Waals surface area contributed by atoms with E-state index < -0.39 is 0 Å². The summed E-state index contributed by atoms with van der Waals surface area (Å²) in [5, 5.41) is 5.50. The lowest BCUT2D eigenvalue weighted by Gasteiger charge is -2.05. The minimum absolute atomic E-state index is 0.0783. The number of H-pyrrole nitrogens is 1. The average Bonchev–Trinajstić information content (AvgIpc) is 2.66. The normalized spacial score (nSPS) is 10.7. The molecule has 0 aliphatic carbocycles. The molecule has 0 radical (unpaired) electrons. The highest BCUT2D eigenvalue weighted by molar-refractivity contribution is 5.78. The zero-order chi connectivity index (χ0) is 13.0. The van der Waals surface area contributed by atoms with Crippen LogP contribution in [0.2, 0.25) is 0 Å². The van der Waals surface area contributed by atoms with Gasteiger partial charge in [0.05, 0.1) is 17.6 Å². The number of hydrogen-bond donors (Lipinski definition) is 3. The van der Waals surface area contributed by atoms with Crippen LogP contribution < -0.4 is 16.3 Å². The van der Waals surface area contributed by atoms with Crippen molar-refractivity contribution in [3.8, 4) is 0 Å². The van der Waals surface area contributed by atoms with Gasteiger partial charge in [-0.2, -0.15) is 0 Å². The third kappa shape index (κ3) is 2.60. The van der Waals surface area contributed by atoms with Crippen LogP contribution in [0.4, 0.5) is 0 Å². The van der Waals surface area contributed by atoms with E-state index in [-0.39, 0.29) is 18.1 Å². The Morgan fingerprint density at radius 1 is 1.39 bits per heavy atom. The summed E-state index contributed by atoms with van der Waals surface area (Å²) in [5.41, 5.74) is 1.51. The predicted octanol–water partition coefficient (Wildman–Crippen LogP) is -0.335. The fraction of sp³-hybridized carbons (Fsp3) is 0.333. The van der Waals surface area contributed by atoms with E-state index in [2.05, 4.69) is 15.6 Å². The first kappa shape index (κ1) is 12.4. The number of carbonyl (C=O) groups excluding carboxylic acids is 1. The molecule has 0 spiro atoms. The van der Waals surface area contributed by atoms with Gasteiger partial charge in [0.1, 0.15) is 0 Å². The fourth-order valence-corrected chi connectivity index (χ4v) is 1.86. The van der Waals surface area contributed by atoms with Crippen molar-refractivity contribution in [2.24, 2.45) is 0 Å². The third-order valence-corrected chi connectivity index (χ3v) is 2.68. The zero-order valence-corrected chi connectivity index (χ0v) is 10.2. The SMILES string of the molecule is CNCC(=O)NCCn1c(=O)[nH]c2ccccc21. The Bertz CT molecular complexity index is 599. The number of aromatic amines is 1. The van der Waals surface area contributed by atoms with Gasteiger partial charge in [0.2, 0.25) is 5.91 Å². The largest absolute Gasteiger partial charge is 0.353 e. The number of benzene rings is 1. The minimum Gasteiger partial charge on any atom is -0.353 e. The van der Waals surface area contributed by atoms with Gasteiger partial charge in [0, 0.05) is 13.1 Å². The van der Waals surface area contributed by atoms with Crippen LogP contribution in [-0.2, 0) is 11.3 Å². The second-order valence-electron chi connectivity index (χ2n) is 3.98. The van der Waals surface area contributed by atoms with Crippen molar-refractivity contribution < 1.29 is 4.79 Å². The fourth-order valence-electron chi connectivity index (χ4n) is 1.86. The van der Waals surface area contributed by atoms with Crippen LogP contribution in [0, 0.1) is 0 Å². The van der Waals surface area contributed by atoms with E-state index in [0.717, 1.165) is 11.0 Å². The molecule has 0 fully saturated rings. The monoisotopic (exact) mass is 248 g/mol. The lowest BCUT2D eigenvalue weighted by molar-refractivity contribution is -0.120. The van der Waals surface area contributed by atoms with Crippen LogP contribution in [0.15, 0.2) is 29.1 Å². The van der Waals surface area contributed by atoms with E-state index in [1.165, 1.54) is 0 Å². The van der Waals surface area contributed by atoms with Crippen LogP contribution >= 0.6 is 0 Å². The maximum atomic E-state index is 11.7. The highest BCUT2D eigenvalue weighted by Crippen LogP contribution is 2.07. The first-order chi connectivity index (χ1) is 8.72. The summed E-state index contributed by atoms with van der Waals surface area (Å²) in [6.07, 6.45) is 0. The summed E-state index contributed by atoms with van der Waals surface area (Å²) in [7, 11) is 1.71. The molecule has 1 aromatic carbocycles. The molecule has 1 amide bonds. The molecule has 18 heavy (non-hydrogen) atoms. The number of rotatable bonds is 5. The number of fused-ring (bicyclic) bond motifs is 1. The van der Waals surface area contributed by atoms with Crippen LogP contribution in [0.1, 0.15) is 0 Å². The molecule has 0 aliphatic heterocycles. The van der Waals surface area contributed by atoms with E-state index in [1.54, 1.807) is 11.6 Å². The lowest BCUT2D eigenvalue weighted by atomic mass is 10.3. The lowest BCUT2D eigenvalue weighted by Crippen LogP contribution is -2.35. The minimum atomic E-state index is -0.154. The van der Waals surface area contributed by atoms with Crippen molar-refractivity contribution in [3.63, 3.8) is 0 Å². The van der Waals surface area contributed by atoms with Gasteiger partial charge < -0.3 is 15.6 Å². The molecule has 96 valence electrons. The number of imidazole rings is 1. The molecule has 1 aromatic heterocycles. The summed E-state index contributed by atoms with van der Waals surface area (Å²) >= 11 is 0. The summed E-state index contributed by atoms with van der Waals surface area (Å²) in [6.45, 7) is 1.17. The molecule has 0 unspecified atom stereocenters. The molecule has 0 saturated carbocycles. The summed E-state index contributed by atoms with van der Waals surface area (Å²) in [6, 6.07) is 7.48. The number of amides is 1. The number of nitrogens with zero attached hydrogens (tertiary/aromatic N) is 1. The number of likely N-dealkylation sites (N-methyl/N-ethyl adjacent to an activating group) is 1. The highest BCUT2D eigenvalue weighted by atomic mass is 16.2. The summed E-state index contributed by atoms with van der Waals surface area (Å²) in [5.74, 6) is -0.0783. The van der Waals surface area contributed by atoms with Crippen molar-refractivity contribution in [2.45, 2.75) is 6.54 Å². The van der Waals surface area contributed by atoms with Gasteiger partial charge in [-0.05, 0) is 19.2 Å². The molecule has 0 aliphatic rings. The molecular formula is C12H16N4O2. The van der Waals surface area contributed by atoms with E-state index in [0.29, 0.717) is 13.1 Å². The van der Waals surface area contributed by atoms with E-state index >= 15 is 0 Å². The predicted molar refractivity (Wildman–Crippen MR) is 69.5 cm³/mol. The van der Waals surface area contributed by atoms with Crippen molar-refractivity contribution >= 4 is 16.9 Å². The van der Waals surface area contributed by atoms with Gasteiger partial charge in [-0.3, -0.25) is 9.36 Å². The number of para-hydroxylation sites is 2. The topological polar surface area (TPSA) is 78.9 Å². The second kappa shape index (κ2) is 5.50. The Hall–Kier alpha value is -2.08. The Labute approximate surface area is 104 Å². The zero-order valence-electron chi connectivity index (χ0n) is 10.2. The Balaban J connectivity index is 2.06. The average molecular weight is 248 g/mol. The number of hydrogen-bond acceptors (Lipinski definition) is 3. The van der Waals surface area contributed by atoms with Crippen LogP contribution in [0.25, 0.3) is 11.0 Å². The Morgan fingerprint density at radius 3 is 2.94 bits per heavy atom. The standard InChI is InChI=1S/C12H16N4O2/c1-13-8-11(17)14-6-7-16-10-5-3-2-4-9(10)15-12(16)18/h2-5,13H,6-8H2,1H3,(H,14,17)(H,15,18). The van der Waals surface area contributed by atoms with Crippen molar-refractivity contribution in [3.05, 3.63) is 34.7 Å². The van der Waals surface area contributed by atoms with Gasteiger partial charge in [0.25, 0.3) is 0 Å². The molecule has 6 nitrogen and oxygen atoms in total. The van der Waals surface area contributed by atoms with Gasteiger partial charge in [0.15, 0.2) is 0 Å². The molecular weight excluding hydrogens is 232 g/mol. The summed E-state index contributed by atoms with van der Waals surface area (Å²) < 4.78 is 1.62. The van der Waals surface area contributed by atoms with Crippen molar-refractivity contribution in [1.29, 1.82) is 0 Å². The number of nitrogens with one attached hydrogen (secondary N) is 3. The molecule has 2 aromatic rings. The van der Waals surface area contributed by atoms with Crippen LogP contribution in [0.5, 0.6) is 0 Å². The molecule has 0 atom stereocenters. The molecule has 0 bridgehead atoms. The molecule has 0 saturated heterocycles. The molecule has 3 N–H and O–H groups in total. The van der Waals surface area contributed by atoms with E-state index in [4.69, 9.17) is 0 Å².